The van der Waals surface area contributed by atoms with Crippen molar-refractivity contribution in [2.24, 2.45) is 0 Å². The second-order valence-corrected chi connectivity index (χ2v) is 10.6. The van der Waals surface area contributed by atoms with Crippen LogP contribution in [0.2, 0.25) is 0 Å². The zero-order chi connectivity index (χ0) is 24.7. The Kier molecular flexibility index (Phi) is 8.87. The normalized spacial score (nSPS) is 19.7. The van der Waals surface area contributed by atoms with Gasteiger partial charge in [-0.05, 0) is 83.1 Å². The summed E-state index contributed by atoms with van der Waals surface area (Å²) in [4.78, 5) is 17.0. The minimum absolute atomic E-state index is 0.199. The lowest BCUT2D eigenvalue weighted by molar-refractivity contribution is 0.0247. The molecule has 3 aliphatic rings. The van der Waals surface area contributed by atoms with Crippen molar-refractivity contribution in [1.29, 1.82) is 0 Å². The van der Waals surface area contributed by atoms with Crippen molar-refractivity contribution in [3.05, 3.63) is 70.7 Å². The Morgan fingerprint density at radius 3 is 2.50 bits per heavy atom. The van der Waals surface area contributed by atoms with E-state index in [2.05, 4.69) is 49.6 Å². The largest absolute Gasteiger partial charge is 0.494 e. The fourth-order valence-electron chi connectivity index (χ4n) is 4.68. The van der Waals surface area contributed by atoms with E-state index in [1.165, 1.54) is 28.0 Å². The molecule has 0 atom stereocenters. The van der Waals surface area contributed by atoms with Crippen molar-refractivity contribution in [2.45, 2.75) is 72.3 Å². The molecule has 186 valence electrons. The first-order valence-electron chi connectivity index (χ1n) is 12.6. The summed E-state index contributed by atoms with van der Waals surface area (Å²) in [7, 11) is 0. The number of nitrogens with zero attached hydrogens (tertiary/aromatic N) is 2. The molecule has 0 aromatic heterocycles. The number of amides is 1. The smallest absolute Gasteiger partial charge is 0.410 e. The molecule has 2 heterocycles. The van der Waals surface area contributed by atoms with Gasteiger partial charge in [0.2, 0.25) is 0 Å². The minimum Gasteiger partial charge on any atom is -0.494 e. The summed E-state index contributed by atoms with van der Waals surface area (Å²) < 4.78 is 11.8. The van der Waals surface area contributed by atoms with Crippen LogP contribution in [-0.4, -0.2) is 54.3 Å². The fraction of sp³-hybridized carbons (Fsp3) is 0.552. The van der Waals surface area contributed by atoms with Gasteiger partial charge in [0, 0.05) is 26.1 Å². The van der Waals surface area contributed by atoms with Crippen molar-refractivity contribution in [2.75, 3.05) is 32.8 Å². The maximum Gasteiger partial charge on any atom is 0.410 e. The molecule has 1 aliphatic carbocycles. The summed E-state index contributed by atoms with van der Waals surface area (Å²) >= 11 is 0. The van der Waals surface area contributed by atoms with Crippen LogP contribution in [0.1, 0.15) is 66.7 Å². The van der Waals surface area contributed by atoms with Gasteiger partial charge in [-0.1, -0.05) is 36.5 Å². The highest BCUT2D eigenvalue weighted by molar-refractivity contribution is 5.68. The number of hydrogen-bond donors (Lipinski definition) is 0. The Balaban J connectivity index is 1.79. The second kappa shape index (κ2) is 11.6. The summed E-state index contributed by atoms with van der Waals surface area (Å²) in [6.45, 7) is 17.8. The van der Waals surface area contributed by atoms with Gasteiger partial charge in [-0.3, -0.25) is 0 Å². The molecule has 0 aromatic rings. The number of carbonyl (C=O) groups excluding carboxylic acids is 1. The number of hydrogen-bond acceptors (Lipinski definition) is 4. The first-order chi connectivity index (χ1) is 16.2. The molecule has 0 radical (unpaired) electrons. The van der Waals surface area contributed by atoms with Gasteiger partial charge < -0.3 is 19.3 Å². The molecular weight excluding hydrogens is 424 g/mol. The standard InChI is InChI=1S/C29H42N2O3/c1-7-10-23(19-22(2)3)21-31-17-18-33-27-14-13-24-11-8-15-30(28(32)34-29(4,5)6)16-9-12-25(24)20-26(27)31/h7,10,13,19-20H,1,8-9,11-12,14-18,21H2,2-6H3/b23-10+. The average Bonchev–Trinajstić information content (AvgIpc) is 2.84. The molecule has 0 saturated carbocycles. The van der Waals surface area contributed by atoms with E-state index in [1.54, 1.807) is 0 Å². The first-order valence-corrected chi connectivity index (χ1v) is 12.6. The van der Waals surface area contributed by atoms with Crippen LogP contribution < -0.4 is 0 Å². The summed E-state index contributed by atoms with van der Waals surface area (Å²) in [5, 5.41) is 0. The maximum atomic E-state index is 12.7. The lowest BCUT2D eigenvalue weighted by atomic mass is 9.97. The van der Waals surface area contributed by atoms with E-state index in [0.717, 1.165) is 64.0 Å². The lowest BCUT2D eigenvalue weighted by Gasteiger charge is -2.33. The van der Waals surface area contributed by atoms with Crippen molar-refractivity contribution < 1.29 is 14.3 Å². The Morgan fingerprint density at radius 1 is 1.15 bits per heavy atom. The Morgan fingerprint density at radius 2 is 1.85 bits per heavy atom. The van der Waals surface area contributed by atoms with Crippen molar-refractivity contribution in [1.82, 2.24) is 9.80 Å². The number of fused-ring (bicyclic) bond motifs is 1. The number of carbonyl (C=O) groups is 1. The van der Waals surface area contributed by atoms with Gasteiger partial charge in [-0.15, -0.1) is 0 Å². The molecule has 1 fully saturated rings. The molecule has 1 saturated heterocycles. The molecule has 3 rings (SSSR count). The van der Waals surface area contributed by atoms with E-state index in [1.807, 2.05) is 31.7 Å². The van der Waals surface area contributed by atoms with Gasteiger partial charge in [0.05, 0.1) is 12.2 Å². The van der Waals surface area contributed by atoms with Crippen LogP contribution >= 0.6 is 0 Å². The zero-order valence-electron chi connectivity index (χ0n) is 21.8. The topological polar surface area (TPSA) is 42.0 Å². The highest BCUT2D eigenvalue weighted by Crippen LogP contribution is 2.33. The molecule has 0 bridgehead atoms. The molecule has 5 nitrogen and oxygen atoms in total. The van der Waals surface area contributed by atoms with Crippen molar-refractivity contribution in [3.8, 4) is 0 Å². The molecule has 2 aliphatic heterocycles. The van der Waals surface area contributed by atoms with E-state index >= 15 is 0 Å². The molecular formula is C29H42N2O3. The lowest BCUT2D eigenvalue weighted by Crippen LogP contribution is -2.37. The third-order valence-electron chi connectivity index (χ3n) is 6.10. The van der Waals surface area contributed by atoms with Gasteiger partial charge >= 0.3 is 6.09 Å². The molecule has 0 unspecified atom stereocenters. The van der Waals surface area contributed by atoms with Crippen LogP contribution in [-0.2, 0) is 9.47 Å². The fourth-order valence-corrected chi connectivity index (χ4v) is 4.68. The first kappa shape index (κ1) is 25.9. The summed E-state index contributed by atoms with van der Waals surface area (Å²) in [6, 6.07) is 0. The third kappa shape index (κ3) is 7.41. The monoisotopic (exact) mass is 466 g/mol. The SMILES string of the molecule is C=C/C=C(\C=C(C)C)CN1CCOC2=C1C=C1CCCN(C(=O)OC(C)(C)C)CCCC1=CC2. The minimum atomic E-state index is -0.468. The van der Waals surface area contributed by atoms with Crippen molar-refractivity contribution in [3.63, 3.8) is 0 Å². The number of allylic oxidation sites excluding steroid dienone is 7. The van der Waals surface area contributed by atoms with E-state index in [-0.39, 0.29) is 6.09 Å². The third-order valence-corrected chi connectivity index (χ3v) is 6.10. The highest BCUT2D eigenvalue weighted by atomic mass is 16.6. The van der Waals surface area contributed by atoms with Crippen LogP contribution in [0, 0.1) is 0 Å². The Labute approximate surface area is 206 Å². The van der Waals surface area contributed by atoms with Crippen LogP contribution in [0.15, 0.2) is 70.7 Å². The van der Waals surface area contributed by atoms with Crippen LogP contribution in [0.5, 0.6) is 0 Å². The number of ether oxygens (including phenoxy) is 2. The number of rotatable bonds is 4. The van der Waals surface area contributed by atoms with Gasteiger partial charge in [-0.25, -0.2) is 4.79 Å². The van der Waals surface area contributed by atoms with Gasteiger partial charge in [0.15, 0.2) is 0 Å². The average molecular weight is 467 g/mol. The van der Waals surface area contributed by atoms with E-state index < -0.39 is 5.60 Å². The van der Waals surface area contributed by atoms with Gasteiger partial charge in [0.1, 0.15) is 18.0 Å². The van der Waals surface area contributed by atoms with Crippen LogP contribution in [0.25, 0.3) is 0 Å². The zero-order valence-corrected chi connectivity index (χ0v) is 21.8. The quantitative estimate of drug-likeness (QED) is 0.434. The second-order valence-electron chi connectivity index (χ2n) is 10.6. The molecule has 0 N–H and O–H groups in total. The van der Waals surface area contributed by atoms with Gasteiger partial charge in [-0.2, -0.15) is 0 Å². The molecule has 1 amide bonds. The van der Waals surface area contributed by atoms with Crippen molar-refractivity contribution >= 4 is 6.09 Å². The predicted molar refractivity (Wildman–Crippen MR) is 139 cm³/mol. The van der Waals surface area contributed by atoms with E-state index in [0.29, 0.717) is 6.61 Å². The van der Waals surface area contributed by atoms with Gasteiger partial charge in [0.25, 0.3) is 0 Å². The molecule has 0 aromatic carbocycles. The Bertz CT molecular complexity index is 924. The van der Waals surface area contributed by atoms with Crippen LogP contribution in [0.4, 0.5) is 4.79 Å². The van der Waals surface area contributed by atoms with E-state index in [9.17, 15) is 4.79 Å². The highest BCUT2D eigenvalue weighted by Gasteiger charge is 2.26. The van der Waals surface area contributed by atoms with Crippen LogP contribution in [0.3, 0.4) is 0 Å². The summed E-state index contributed by atoms with van der Waals surface area (Å²) in [5.74, 6) is 1.07. The molecule has 0 spiro atoms. The summed E-state index contributed by atoms with van der Waals surface area (Å²) in [5.41, 5.74) is 6.04. The maximum absolute atomic E-state index is 12.7. The molecule has 5 heteroatoms. The van der Waals surface area contributed by atoms with E-state index in [4.69, 9.17) is 9.47 Å². The summed E-state index contributed by atoms with van der Waals surface area (Å²) in [6.07, 6.45) is 15.3. The predicted octanol–water partition coefficient (Wildman–Crippen LogP) is 6.68. The molecule has 34 heavy (non-hydrogen) atoms. The Hall–Kier alpha value is -2.69.